The molecule has 0 spiro atoms. The number of carbonyl (C=O) groups is 1. The second kappa shape index (κ2) is 10.1. The first-order valence-electron chi connectivity index (χ1n) is 10.7. The fourth-order valence-electron chi connectivity index (χ4n) is 3.43. The van der Waals surface area contributed by atoms with Gasteiger partial charge in [0.05, 0.1) is 18.4 Å². The van der Waals surface area contributed by atoms with Gasteiger partial charge in [-0.2, -0.15) is 5.10 Å². The molecule has 0 fully saturated rings. The first-order chi connectivity index (χ1) is 16.0. The minimum absolute atomic E-state index is 0.0681. The Kier molecular flexibility index (Phi) is 6.80. The van der Waals surface area contributed by atoms with Crippen molar-refractivity contribution in [2.24, 2.45) is 0 Å². The van der Waals surface area contributed by atoms with Gasteiger partial charge in [-0.3, -0.25) is 0 Å². The van der Waals surface area contributed by atoms with Gasteiger partial charge >= 0.3 is 6.03 Å². The maximum absolute atomic E-state index is 12.9. The summed E-state index contributed by atoms with van der Waals surface area (Å²) in [7, 11) is 0. The van der Waals surface area contributed by atoms with Gasteiger partial charge in [0.25, 0.3) is 0 Å². The van der Waals surface area contributed by atoms with Gasteiger partial charge in [0.2, 0.25) is 0 Å². The van der Waals surface area contributed by atoms with E-state index < -0.39 is 6.10 Å². The number of aliphatic hydroxyl groups is 1. The van der Waals surface area contributed by atoms with Crippen molar-refractivity contribution >= 4 is 22.5 Å². The summed E-state index contributed by atoms with van der Waals surface area (Å²) in [5.41, 5.74) is 0.538. The Balaban J connectivity index is 1.36. The van der Waals surface area contributed by atoms with E-state index in [4.69, 9.17) is 4.74 Å². The van der Waals surface area contributed by atoms with Crippen LogP contribution in [0, 0.1) is 0 Å². The highest BCUT2D eigenvalue weighted by atomic mass is 16.5. The van der Waals surface area contributed by atoms with Gasteiger partial charge in [-0.15, -0.1) is 0 Å². The van der Waals surface area contributed by atoms with Gasteiger partial charge in [-0.25, -0.2) is 19.4 Å². The molecule has 0 saturated heterocycles. The van der Waals surface area contributed by atoms with E-state index >= 15 is 0 Å². The van der Waals surface area contributed by atoms with E-state index in [9.17, 15) is 9.90 Å². The Bertz CT molecular complexity index is 1190. The molecule has 9 nitrogen and oxygen atoms in total. The van der Waals surface area contributed by atoms with Crippen molar-refractivity contribution in [3.05, 3.63) is 73.4 Å². The number of benzene rings is 2. The van der Waals surface area contributed by atoms with Crippen molar-refractivity contribution in [3.8, 4) is 11.6 Å². The highest BCUT2D eigenvalue weighted by Crippen LogP contribution is 2.25. The standard InChI is InChI=1S/C24H26N6O3/c1-17(2)29(24(32)28-19-10-11-23(26-12-19)30-16-25-15-27-30)13-20(31)14-33-22-9-5-7-18-6-3-4-8-21(18)22/h3-12,15-17,20,31H,13-14H2,1-2H3,(H,28,32)/t20-/m0/s1. The minimum Gasteiger partial charge on any atom is -0.490 e. The van der Waals surface area contributed by atoms with E-state index in [1.807, 2.05) is 56.3 Å². The number of ether oxygens (including phenoxy) is 1. The number of fused-ring (bicyclic) bond motifs is 1. The van der Waals surface area contributed by atoms with Crippen LogP contribution in [0.4, 0.5) is 10.5 Å². The molecule has 0 aliphatic carbocycles. The largest absolute Gasteiger partial charge is 0.490 e. The quantitative estimate of drug-likeness (QED) is 0.429. The van der Waals surface area contributed by atoms with Gasteiger partial charge < -0.3 is 20.1 Å². The predicted molar refractivity (Wildman–Crippen MR) is 125 cm³/mol. The highest BCUT2D eigenvalue weighted by Gasteiger charge is 2.21. The van der Waals surface area contributed by atoms with Crippen LogP contribution in [0.25, 0.3) is 16.6 Å². The molecule has 0 aliphatic heterocycles. The van der Waals surface area contributed by atoms with Crippen LogP contribution in [0.1, 0.15) is 13.8 Å². The molecule has 0 aliphatic rings. The zero-order valence-corrected chi connectivity index (χ0v) is 18.5. The minimum atomic E-state index is -0.857. The van der Waals surface area contributed by atoms with Crippen LogP contribution in [-0.4, -0.2) is 61.1 Å². The number of anilines is 1. The third-order valence-corrected chi connectivity index (χ3v) is 5.13. The molecule has 2 aromatic carbocycles. The van der Waals surface area contributed by atoms with Crippen LogP contribution in [0.2, 0.25) is 0 Å². The SMILES string of the molecule is CC(C)N(C[C@H](O)COc1cccc2ccccc12)C(=O)Nc1ccc(-n2cncn2)nc1. The zero-order chi connectivity index (χ0) is 23.2. The lowest BCUT2D eigenvalue weighted by atomic mass is 10.1. The number of nitrogens with zero attached hydrogens (tertiary/aromatic N) is 5. The lowest BCUT2D eigenvalue weighted by molar-refractivity contribution is 0.0722. The van der Waals surface area contributed by atoms with Gasteiger partial charge in [-0.05, 0) is 37.4 Å². The number of rotatable bonds is 8. The summed E-state index contributed by atoms with van der Waals surface area (Å²) in [5, 5.41) is 19.5. The molecular weight excluding hydrogens is 420 g/mol. The highest BCUT2D eigenvalue weighted by molar-refractivity contribution is 5.89. The summed E-state index contributed by atoms with van der Waals surface area (Å²) in [5.74, 6) is 1.29. The monoisotopic (exact) mass is 446 g/mol. The normalized spacial score (nSPS) is 12.0. The number of carbonyl (C=O) groups excluding carboxylic acids is 1. The first-order valence-corrected chi connectivity index (χ1v) is 10.7. The molecule has 0 saturated carbocycles. The summed E-state index contributed by atoms with van der Waals surface area (Å²) in [6.07, 6.45) is 3.66. The number of nitrogens with one attached hydrogen (secondary N) is 1. The van der Waals surface area contributed by atoms with Crippen molar-refractivity contribution in [3.63, 3.8) is 0 Å². The number of aliphatic hydroxyl groups excluding tert-OH is 1. The van der Waals surface area contributed by atoms with Crippen molar-refractivity contribution < 1.29 is 14.6 Å². The fourth-order valence-corrected chi connectivity index (χ4v) is 3.43. The molecule has 170 valence electrons. The van der Waals surface area contributed by atoms with Crippen molar-refractivity contribution in [1.29, 1.82) is 0 Å². The third kappa shape index (κ3) is 5.45. The van der Waals surface area contributed by atoms with Crippen LogP contribution in [-0.2, 0) is 0 Å². The number of amides is 2. The molecule has 4 aromatic rings. The number of aromatic nitrogens is 4. The van der Waals surface area contributed by atoms with Crippen molar-refractivity contribution in [1.82, 2.24) is 24.6 Å². The predicted octanol–water partition coefficient (Wildman–Crippen LogP) is 3.50. The summed E-state index contributed by atoms with van der Waals surface area (Å²) in [6.45, 7) is 3.98. The molecule has 0 unspecified atom stereocenters. The van der Waals surface area contributed by atoms with Crippen molar-refractivity contribution in [2.45, 2.75) is 26.0 Å². The summed E-state index contributed by atoms with van der Waals surface area (Å²) >= 11 is 0. The molecule has 1 atom stereocenters. The smallest absolute Gasteiger partial charge is 0.322 e. The lowest BCUT2D eigenvalue weighted by Crippen LogP contribution is -2.45. The van der Waals surface area contributed by atoms with E-state index in [1.165, 1.54) is 11.0 Å². The molecule has 9 heteroatoms. The molecule has 33 heavy (non-hydrogen) atoms. The number of hydrogen-bond acceptors (Lipinski definition) is 6. The Morgan fingerprint density at radius 3 is 2.70 bits per heavy atom. The molecule has 2 aromatic heterocycles. The molecule has 4 rings (SSSR count). The molecule has 2 amide bonds. The van der Waals surface area contributed by atoms with E-state index in [2.05, 4.69) is 20.4 Å². The summed E-state index contributed by atoms with van der Waals surface area (Å²) in [4.78, 5) is 22.6. The van der Waals surface area contributed by atoms with Gasteiger partial charge in [0.15, 0.2) is 5.82 Å². The van der Waals surface area contributed by atoms with Crippen LogP contribution in [0.15, 0.2) is 73.4 Å². The fraction of sp³-hybridized carbons (Fsp3) is 0.250. The number of urea groups is 1. The Hall–Kier alpha value is -3.98. The van der Waals surface area contributed by atoms with E-state index in [0.29, 0.717) is 17.3 Å². The maximum Gasteiger partial charge on any atom is 0.322 e. The van der Waals surface area contributed by atoms with Gasteiger partial charge in [-0.1, -0.05) is 36.4 Å². The average molecular weight is 447 g/mol. The first kappa shape index (κ1) is 22.2. The van der Waals surface area contributed by atoms with E-state index in [0.717, 1.165) is 10.8 Å². The van der Waals surface area contributed by atoms with Crippen molar-refractivity contribution in [2.75, 3.05) is 18.5 Å². The van der Waals surface area contributed by atoms with E-state index in [-0.39, 0.29) is 25.2 Å². The molecule has 0 radical (unpaired) electrons. The van der Waals surface area contributed by atoms with E-state index in [1.54, 1.807) is 29.6 Å². The molecule has 0 bridgehead atoms. The molecular formula is C24H26N6O3. The van der Waals surface area contributed by atoms with Crippen LogP contribution in [0.5, 0.6) is 5.75 Å². The van der Waals surface area contributed by atoms with Gasteiger partial charge in [0.1, 0.15) is 31.1 Å². The average Bonchev–Trinajstić information content (AvgIpc) is 3.36. The van der Waals surface area contributed by atoms with Crippen LogP contribution >= 0.6 is 0 Å². The Morgan fingerprint density at radius 2 is 1.97 bits per heavy atom. The number of hydrogen-bond donors (Lipinski definition) is 2. The molecule has 2 heterocycles. The Morgan fingerprint density at radius 1 is 1.15 bits per heavy atom. The summed E-state index contributed by atoms with van der Waals surface area (Å²) in [6, 6.07) is 16.7. The number of pyridine rings is 1. The Labute approximate surface area is 191 Å². The topological polar surface area (TPSA) is 105 Å². The third-order valence-electron chi connectivity index (χ3n) is 5.13. The lowest BCUT2D eigenvalue weighted by Gasteiger charge is -2.29. The van der Waals surface area contributed by atoms with Crippen LogP contribution < -0.4 is 10.1 Å². The second-order valence-electron chi connectivity index (χ2n) is 7.86. The summed E-state index contributed by atoms with van der Waals surface area (Å²) < 4.78 is 7.40. The van der Waals surface area contributed by atoms with Crippen LogP contribution in [0.3, 0.4) is 0 Å². The second-order valence-corrected chi connectivity index (χ2v) is 7.86. The maximum atomic E-state index is 12.9. The molecule has 2 N–H and O–H groups in total. The van der Waals surface area contributed by atoms with Gasteiger partial charge in [0, 0.05) is 11.4 Å². The zero-order valence-electron chi connectivity index (χ0n) is 18.5.